The van der Waals surface area contributed by atoms with Crippen molar-refractivity contribution in [1.29, 1.82) is 0 Å². The number of carbonyl (C=O) groups is 1. The van der Waals surface area contributed by atoms with Crippen LogP contribution in [-0.4, -0.2) is 67.1 Å². The standard InChI is InChI=1S/C17H25Cl2N3O3S/c1-3-21(4-2)26(24,25)22-12-10-20(11-13-22)16(23)9-8-14-6-5-7-15(18)17(14)19/h5-7H,3-4,8-13H2,1-2H3. The number of hydrogen-bond acceptors (Lipinski definition) is 3. The van der Waals surface area contributed by atoms with E-state index >= 15 is 0 Å². The third kappa shape index (κ3) is 4.89. The van der Waals surface area contributed by atoms with Crippen LogP contribution >= 0.6 is 23.2 Å². The molecule has 146 valence electrons. The highest BCUT2D eigenvalue weighted by Crippen LogP contribution is 2.26. The number of aryl methyl sites for hydroxylation is 1. The summed E-state index contributed by atoms with van der Waals surface area (Å²) in [6.07, 6.45) is 0.832. The highest BCUT2D eigenvalue weighted by atomic mass is 35.5. The fraction of sp³-hybridized carbons (Fsp3) is 0.588. The molecule has 0 aromatic heterocycles. The van der Waals surface area contributed by atoms with E-state index in [1.807, 2.05) is 26.0 Å². The van der Waals surface area contributed by atoms with Gasteiger partial charge in [-0.3, -0.25) is 4.79 Å². The van der Waals surface area contributed by atoms with Gasteiger partial charge in [-0.1, -0.05) is 49.2 Å². The highest BCUT2D eigenvalue weighted by molar-refractivity contribution is 7.86. The lowest BCUT2D eigenvalue weighted by Gasteiger charge is -2.36. The molecule has 1 aromatic rings. The van der Waals surface area contributed by atoms with Crippen LogP contribution in [0.4, 0.5) is 0 Å². The molecule has 0 radical (unpaired) electrons. The Morgan fingerprint density at radius 2 is 1.73 bits per heavy atom. The van der Waals surface area contributed by atoms with E-state index in [1.165, 1.54) is 8.61 Å². The van der Waals surface area contributed by atoms with E-state index in [1.54, 1.807) is 11.0 Å². The van der Waals surface area contributed by atoms with Crippen molar-refractivity contribution in [1.82, 2.24) is 13.5 Å². The van der Waals surface area contributed by atoms with Crippen LogP contribution in [0.1, 0.15) is 25.8 Å². The maximum atomic E-state index is 12.5. The van der Waals surface area contributed by atoms with Gasteiger partial charge >= 0.3 is 0 Å². The third-order valence-electron chi connectivity index (χ3n) is 4.59. The molecule has 2 rings (SSSR count). The zero-order valence-corrected chi connectivity index (χ0v) is 17.4. The first kappa shape index (κ1) is 21.4. The number of piperazine rings is 1. The maximum absolute atomic E-state index is 12.5. The van der Waals surface area contributed by atoms with Crippen LogP contribution in [0.15, 0.2) is 18.2 Å². The molecule has 0 N–H and O–H groups in total. The van der Waals surface area contributed by atoms with Gasteiger partial charge in [-0.25, -0.2) is 0 Å². The average molecular weight is 422 g/mol. The minimum absolute atomic E-state index is 0.000860. The molecule has 1 amide bonds. The van der Waals surface area contributed by atoms with Gasteiger partial charge in [0.05, 0.1) is 10.0 Å². The number of halogens is 2. The Balaban J connectivity index is 1.89. The summed E-state index contributed by atoms with van der Waals surface area (Å²) in [4.78, 5) is 14.2. The van der Waals surface area contributed by atoms with E-state index < -0.39 is 10.2 Å². The number of benzene rings is 1. The van der Waals surface area contributed by atoms with Crippen LogP contribution in [0.3, 0.4) is 0 Å². The van der Waals surface area contributed by atoms with Gasteiger partial charge in [-0.05, 0) is 18.1 Å². The minimum Gasteiger partial charge on any atom is -0.340 e. The molecule has 9 heteroatoms. The predicted molar refractivity (Wildman–Crippen MR) is 105 cm³/mol. The van der Waals surface area contributed by atoms with Crippen LogP contribution < -0.4 is 0 Å². The second-order valence-corrected chi connectivity index (χ2v) is 8.80. The molecule has 0 unspecified atom stereocenters. The van der Waals surface area contributed by atoms with Crippen molar-refractivity contribution in [3.05, 3.63) is 33.8 Å². The van der Waals surface area contributed by atoms with Gasteiger partial charge in [0.25, 0.3) is 10.2 Å². The van der Waals surface area contributed by atoms with E-state index in [0.717, 1.165) is 5.56 Å². The van der Waals surface area contributed by atoms with Crippen LogP contribution in [0.5, 0.6) is 0 Å². The number of amides is 1. The van der Waals surface area contributed by atoms with Crippen molar-refractivity contribution in [3.8, 4) is 0 Å². The van der Waals surface area contributed by atoms with E-state index in [-0.39, 0.29) is 5.91 Å². The lowest BCUT2D eigenvalue weighted by Crippen LogP contribution is -2.54. The quantitative estimate of drug-likeness (QED) is 0.679. The first-order valence-corrected chi connectivity index (χ1v) is 10.9. The SMILES string of the molecule is CCN(CC)S(=O)(=O)N1CCN(C(=O)CCc2cccc(Cl)c2Cl)CC1. The van der Waals surface area contributed by atoms with Crippen LogP contribution in [0.25, 0.3) is 0 Å². The van der Waals surface area contributed by atoms with Crippen molar-refractivity contribution in [3.63, 3.8) is 0 Å². The Morgan fingerprint density at radius 1 is 1.12 bits per heavy atom. The van der Waals surface area contributed by atoms with Gasteiger partial charge in [-0.2, -0.15) is 17.0 Å². The number of hydrogen-bond donors (Lipinski definition) is 0. The Labute approximate surface area is 165 Å². The molecule has 1 heterocycles. The van der Waals surface area contributed by atoms with Crippen molar-refractivity contribution in [2.24, 2.45) is 0 Å². The zero-order valence-electron chi connectivity index (χ0n) is 15.1. The molecule has 1 aliphatic heterocycles. The summed E-state index contributed by atoms with van der Waals surface area (Å²) >= 11 is 12.1. The lowest BCUT2D eigenvalue weighted by atomic mass is 10.1. The molecule has 0 spiro atoms. The summed E-state index contributed by atoms with van der Waals surface area (Å²) in [6.45, 7) is 5.98. The Bertz CT molecular complexity index is 731. The molecule has 1 aliphatic rings. The average Bonchev–Trinajstić information content (AvgIpc) is 2.63. The smallest absolute Gasteiger partial charge is 0.282 e. The van der Waals surface area contributed by atoms with Gasteiger partial charge in [-0.15, -0.1) is 0 Å². The molecule has 1 saturated heterocycles. The number of carbonyl (C=O) groups excluding carboxylic acids is 1. The zero-order chi connectivity index (χ0) is 19.3. The lowest BCUT2D eigenvalue weighted by molar-refractivity contribution is -0.132. The summed E-state index contributed by atoms with van der Waals surface area (Å²) in [5.74, 6) is 0.000860. The fourth-order valence-electron chi connectivity index (χ4n) is 3.02. The molecular weight excluding hydrogens is 397 g/mol. The van der Waals surface area contributed by atoms with E-state index in [2.05, 4.69) is 0 Å². The van der Waals surface area contributed by atoms with Crippen molar-refractivity contribution in [2.75, 3.05) is 39.3 Å². The van der Waals surface area contributed by atoms with Gasteiger partial charge in [0.15, 0.2) is 0 Å². The van der Waals surface area contributed by atoms with Gasteiger partial charge in [0, 0.05) is 45.7 Å². The Hall–Kier alpha value is -0.860. The highest BCUT2D eigenvalue weighted by Gasteiger charge is 2.31. The minimum atomic E-state index is -3.44. The predicted octanol–water partition coefficient (Wildman–Crippen LogP) is 2.66. The van der Waals surface area contributed by atoms with Gasteiger partial charge in [0.1, 0.15) is 0 Å². The summed E-state index contributed by atoms with van der Waals surface area (Å²) < 4.78 is 27.9. The monoisotopic (exact) mass is 421 g/mol. The molecule has 0 aliphatic carbocycles. The molecule has 0 atom stereocenters. The fourth-order valence-corrected chi connectivity index (χ4v) is 5.04. The number of nitrogens with zero attached hydrogens (tertiary/aromatic N) is 3. The third-order valence-corrected chi connectivity index (χ3v) is 7.63. The van der Waals surface area contributed by atoms with Crippen molar-refractivity contribution < 1.29 is 13.2 Å². The topological polar surface area (TPSA) is 60.9 Å². The van der Waals surface area contributed by atoms with E-state index in [0.29, 0.717) is 62.2 Å². The van der Waals surface area contributed by atoms with Crippen LogP contribution in [0, 0.1) is 0 Å². The summed E-state index contributed by atoms with van der Waals surface area (Å²) in [5.41, 5.74) is 0.843. The van der Waals surface area contributed by atoms with Crippen LogP contribution in [-0.2, 0) is 21.4 Å². The molecule has 0 saturated carbocycles. The normalized spacial score (nSPS) is 16.3. The molecule has 1 aromatic carbocycles. The maximum Gasteiger partial charge on any atom is 0.282 e. The summed E-state index contributed by atoms with van der Waals surface area (Å²) in [7, 11) is -3.44. The van der Waals surface area contributed by atoms with E-state index in [4.69, 9.17) is 23.2 Å². The first-order chi connectivity index (χ1) is 12.3. The second-order valence-electron chi connectivity index (χ2n) is 6.08. The largest absolute Gasteiger partial charge is 0.340 e. The molecule has 1 fully saturated rings. The van der Waals surface area contributed by atoms with Gasteiger partial charge < -0.3 is 4.90 Å². The summed E-state index contributed by atoms with van der Waals surface area (Å²) in [5, 5.41) is 0.962. The van der Waals surface area contributed by atoms with Gasteiger partial charge in [0.2, 0.25) is 5.91 Å². The molecule has 26 heavy (non-hydrogen) atoms. The summed E-state index contributed by atoms with van der Waals surface area (Å²) in [6, 6.07) is 5.38. The molecule has 0 bridgehead atoms. The van der Waals surface area contributed by atoms with E-state index in [9.17, 15) is 13.2 Å². The second kappa shape index (κ2) is 9.37. The van der Waals surface area contributed by atoms with Crippen LogP contribution in [0.2, 0.25) is 10.0 Å². The Morgan fingerprint density at radius 3 is 2.31 bits per heavy atom. The first-order valence-electron chi connectivity index (χ1n) is 8.77. The number of rotatable bonds is 7. The molecular formula is C17H25Cl2N3O3S. The Kier molecular flexibility index (Phi) is 7.73. The molecule has 6 nitrogen and oxygen atoms in total. The van der Waals surface area contributed by atoms with Crippen molar-refractivity contribution in [2.45, 2.75) is 26.7 Å². The van der Waals surface area contributed by atoms with Crippen molar-refractivity contribution >= 4 is 39.3 Å².